The number of likely N-dealkylation sites (tertiary alicyclic amines) is 1. The molecule has 0 saturated carbocycles. The van der Waals surface area contributed by atoms with Crippen molar-refractivity contribution in [2.45, 2.75) is 25.3 Å². The molecule has 0 bridgehead atoms. The van der Waals surface area contributed by atoms with Crippen LogP contribution in [0.3, 0.4) is 0 Å². The van der Waals surface area contributed by atoms with Crippen molar-refractivity contribution in [2.75, 3.05) is 20.8 Å². The number of halogens is 1. The van der Waals surface area contributed by atoms with Crippen molar-refractivity contribution in [3.8, 4) is 11.5 Å². The molecule has 0 aliphatic carbocycles. The minimum absolute atomic E-state index is 0.00188. The molecule has 132 valence electrons. The molecule has 5 heteroatoms. The van der Waals surface area contributed by atoms with Gasteiger partial charge in [-0.05, 0) is 48.7 Å². The number of hydrogen-bond donors (Lipinski definition) is 0. The highest BCUT2D eigenvalue weighted by molar-refractivity contribution is 5.79. The molecule has 1 atom stereocenters. The van der Waals surface area contributed by atoms with Gasteiger partial charge in [0.1, 0.15) is 17.3 Å². The van der Waals surface area contributed by atoms with Crippen LogP contribution in [0, 0.1) is 5.82 Å². The van der Waals surface area contributed by atoms with E-state index < -0.39 is 0 Å². The summed E-state index contributed by atoms with van der Waals surface area (Å²) in [7, 11) is 3.24. The predicted octanol–water partition coefficient (Wildman–Crippen LogP) is 3.75. The van der Waals surface area contributed by atoms with Gasteiger partial charge >= 0.3 is 0 Å². The summed E-state index contributed by atoms with van der Waals surface area (Å²) in [5.41, 5.74) is 1.64. The van der Waals surface area contributed by atoms with Crippen molar-refractivity contribution in [3.05, 3.63) is 59.4 Å². The number of hydrogen-bond acceptors (Lipinski definition) is 3. The number of ether oxygens (including phenoxy) is 2. The van der Waals surface area contributed by atoms with E-state index in [0.29, 0.717) is 12.1 Å². The zero-order chi connectivity index (χ0) is 17.8. The van der Waals surface area contributed by atoms with E-state index in [0.717, 1.165) is 29.9 Å². The van der Waals surface area contributed by atoms with Crippen LogP contribution in [0.1, 0.15) is 30.0 Å². The molecule has 1 heterocycles. The van der Waals surface area contributed by atoms with E-state index in [1.165, 1.54) is 12.1 Å². The minimum Gasteiger partial charge on any atom is -0.497 e. The van der Waals surface area contributed by atoms with Crippen molar-refractivity contribution in [3.63, 3.8) is 0 Å². The molecule has 0 N–H and O–H groups in total. The highest BCUT2D eigenvalue weighted by Crippen LogP contribution is 2.39. The molecule has 1 aliphatic heterocycles. The van der Waals surface area contributed by atoms with Crippen molar-refractivity contribution in [1.29, 1.82) is 0 Å². The molecule has 0 spiro atoms. The maximum Gasteiger partial charge on any atom is 0.227 e. The number of methoxy groups -OCH3 is 2. The summed E-state index contributed by atoms with van der Waals surface area (Å²) in [5.74, 6) is 1.16. The first kappa shape index (κ1) is 17.3. The molecular formula is C20H22FNO3. The van der Waals surface area contributed by atoms with E-state index in [2.05, 4.69) is 0 Å². The van der Waals surface area contributed by atoms with E-state index in [4.69, 9.17) is 9.47 Å². The fourth-order valence-electron chi connectivity index (χ4n) is 3.41. The first-order chi connectivity index (χ1) is 12.1. The van der Waals surface area contributed by atoms with E-state index in [1.807, 2.05) is 23.1 Å². The lowest BCUT2D eigenvalue weighted by molar-refractivity contribution is -0.131. The zero-order valence-electron chi connectivity index (χ0n) is 14.5. The van der Waals surface area contributed by atoms with Crippen LogP contribution in [-0.2, 0) is 11.2 Å². The number of amides is 1. The van der Waals surface area contributed by atoms with Gasteiger partial charge in [-0.1, -0.05) is 12.1 Å². The highest BCUT2D eigenvalue weighted by Gasteiger charge is 2.32. The molecule has 2 aromatic rings. The molecule has 1 aliphatic rings. The quantitative estimate of drug-likeness (QED) is 0.830. The summed E-state index contributed by atoms with van der Waals surface area (Å²) >= 11 is 0. The van der Waals surface area contributed by atoms with Gasteiger partial charge in [0.2, 0.25) is 5.91 Å². The Morgan fingerprint density at radius 3 is 2.76 bits per heavy atom. The van der Waals surface area contributed by atoms with Crippen LogP contribution < -0.4 is 9.47 Å². The van der Waals surface area contributed by atoms with Gasteiger partial charge in [-0.3, -0.25) is 4.79 Å². The summed E-state index contributed by atoms with van der Waals surface area (Å²) in [6.07, 6.45) is 2.00. The molecule has 25 heavy (non-hydrogen) atoms. The average molecular weight is 343 g/mol. The lowest BCUT2D eigenvalue weighted by Crippen LogP contribution is -2.32. The summed E-state index contributed by atoms with van der Waals surface area (Å²) in [6, 6.07) is 11.8. The molecule has 1 amide bonds. The van der Waals surface area contributed by atoms with Crippen LogP contribution in [0.2, 0.25) is 0 Å². The summed E-state index contributed by atoms with van der Waals surface area (Å²) in [5, 5.41) is 0. The van der Waals surface area contributed by atoms with Gasteiger partial charge in [0.25, 0.3) is 0 Å². The number of carbonyl (C=O) groups is 1. The molecule has 1 unspecified atom stereocenters. The fraction of sp³-hybridized carbons (Fsp3) is 0.350. The molecule has 0 radical (unpaired) electrons. The van der Waals surface area contributed by atoms with Crippen molar-refractivity contribution < 1.29 is 18.7 Å². The first-order valence-corrected chi connectivity index (χ1v) is 8.38. The third-order valence-corrected chi connectivity index (χ3v) is 4.61. The van der Waals surface area contributed by atoms with Gasteiger partial charge in [0.15, 0.2) is 0 Å². The topological polar surface area (TPSA) is 38.8 Å². The third-order valence-electron chi connectivity index (χ3n) is 4.61. The second-order valence-electron chi connectivity index (χ2n) is 6.16. The van der Waals surface area contributed by atoms with Gasteiger partial charge in [-0.15, -0.1) is 0 Å². The number of carbonyl (C=O) groups excluding carboxylic acids is 1. The smallest absolute Gasteiger partial charge is 0.227 e. The van der Waals surface area contributed by atoms with Gasteiger partial charge in [0.05, 0.1) is 26.7 Å². The lowest BCUT2D eigenvalue weighted by atomic mass is 10.0. The normalized spacial score (nSPS) is 16.8. The molecule has 0 aromatic heterocycles. The molecule has 4 nitrogen and oxygen atoms in total. The molecule has 2 aromatic carbocycles. The predicted molar refractivity (Wildman–Crippen MR) is 93.3 cm³/mol. The average Bonchev–Trinajstić information content (AvgIpc) is 3.11. The summed E-state index contributed by atoms with van der Waals surface area (Å²) in [4.78, 5) is 14.7. The Hall–Kier alpha value is -2.56. The van der Waals surface area contributed by atoms with Gasteiger partial charge in [-0.2, -0.15) is 0 Å². The number of benzene rings is 2. The van der Waals surface area contributed by atoms with Crippen molar-refractivity contribution in [1.82, 2.24) is 4.90 Å². The number of rotatable bonds is 5. The third kappa shape index (κ3) is 3.76. The largest absolute Gasteiger partial charge is 0.497 e. The molecule has 1 saturated heterocycles. The van der Waals surface area contributed by atoms with Crippen LogP contribution in [0.15, 0.2) is 42.5 Å². The van der Waals surface area contributed by atoms with Crippen LogP contribution in [0.5, 0.6) is 11.5 Å². The van der Waals surface area contributed by atoms with E-state index in [9.17, 15) is 9.18 Å². The minimum atomic E-state index is -0.322. The Labute approximate surface area is 147 Å². The van der Waals surface area contributed by atoms with Crippen molar-refractivity contribution in [2.24, 2.45) is 0 Å². The summed E-state index contributed by atoms with van der Waals surface area (Å²) in [6.45, 7) is 0.694. The van der Waals surface area contributed by atoms with Crippen molar-refractivity contribution >= 4 is 5.91 Å². The van der Waals surface area contributed by atoms with E-state index >= 15 is 0 Å². The monoisotopic (exact) mass is 343 g/mol. The second-order valence-corrected chi connectivity index (χ2v) is 6.16. The van der Waals surface area contributed by atoms with E-state index in [-0.39, 0.29) is 24.2 Å². The zero-order valence-corrected chi connectivity index (χ0v) is 14.5. The Morgan fingerprint density at radius 2 is 2.04 bits per heavy atom. The van der Waals surface area contributed by atoms with Crippen LogP contribution >= 0.6 is 0 Å². The Kier molecular flexibility index (Phi) is 5.22. The Morgan fingerprint density at radius 1 is 1.20 bits per heavy atom. The molecule has 1 fully saturated rings. The first-order valence-electron chi connectivity index (χ1n) is 8.38. The fourth-order valence-corrected chi connectivity index (χ4v) is 3.41. The summed E-state index contributed by atoms with van der Waals surface area (Å²) < 4.78 is 24.2. The number of nitrogens with zero attached hydrogens (tertiary/aromatic N) is 1. The van der Waals surface area contributed by atoms with Gasteiger partial charge in [0, 0.05) is 12.1 Å². The van der Waals surface area contributed by atoms with Crippen LogP contribution in [-0.4, -0.2) is 31.6 Å². The van der Waals surface area contributed by atoms with Gasteiger partial charge < -0.3 is 14.4 Å². The SMILES string of the molecule is COc1ccc(OC)c(C2CCCN2C(=O)Cc2cccc(F)c2)c1. The van der Waals surface area contributed by atoms with Crippen LogP contribution in [0.4, 0.5) is 4.39 Å². The highest BCUT2D eigenvalue weighted by atomic mass is 19.1. The standard InChI is InChI=1S/C20H22FNO3/c1-24-16-8-9-19(25-2)17(13-16)18-7-4-10-22(18)20(23)12-14-5-3-6-15(21)11-14/h3,5-6,8-9,11,13,18H,4,7,10,12H2,1-2H3. The second kappa shape index (κ2) is 7.55. The lowest BCUT2D eigenvalue weighted by Gasteiger charge is -2.27. The maximum atomic E-state index is 13.4. The Bertz CT molecular complexity index is 762. The maximum absolute atomic E-state index is 13.4. The Balaban J connectivity index is 1.84. The molecular weight excluding hydrogens is 321 g/mol. The van der Waals surface area contributed by atoms with Gasteiger partial charge in [-0.25, -0.2) is 4.39 Å². The van der Waals surface area contributed by atoms with Crippen LogP contribution in [0.25, 0.3) is 0 Å². The van der Waals surface area contributed by atoms with E-state index in [1.54, 1.807) is 26.4 Å². The molecule has 3 rings (SSSR count).